The molecule has 0 bridgehead atoms. The average Bonchev–Trinajstić information content (AvgIpc) is 2.87. The summed E-state index contributed by atoms with van der Waals surface area (Å²) in [4.78, 5) is 16.1. The molecule has 2 aromatic rings. The van der Waals surface area contributed by atoms with Gasteiger partial charge in [-0.25, -0.2) is 4.98 Å². The number of nitrogens with one attached hydrogen (secondary N) is 1. The van der Waals surface area contributed by atoms with Gasteiger partial charge in [-0.15, -0.1) is 11.3 Å². The lowest BCUT2D eigenvalue weighted by Crippen LogP contribution is -2.41. The van der Waals surface area contributed by atoms with Gasteiger partial charge in [0.15, 0.2) is 0 Å². The molecule has 0 unspecified atom stereocenters. The number of nitrogens with zero attached hydrogens (tertiary/aromatic N) is 1. The number of rotatable bonds is 6. The van der Waals surface area contributed by atoms with Crippen molar-refractivity contribution in [2.75, 3.05) is 6.54 Å². The van der Waals surface area contributed by atoms with Crippen molar-refractivity contribution in [1.29, 1.82) is 0 Å². The summed E-state index contributed by atoms with van der Waals surface area (Å²) >= 11 is 1.69. The molecule has 5 heteroatoms. The van der Waals surface area contributed by atoms with E-state index in [-0.39, 0.29) is 11.9 Å². The Morgan fingerprint density at radius 2 is 2.19 bits per heavy atom. The van der Waals surface area contributed by atoms with Crippen molar-refractivity contribution in [2.24, 2.45) is 5.73 Å². The van der Waals surface area contributed by atoms with Crippen molar-refractivity contribution in [2.45, 2.75) is 45.6 Å². The number of thiazole rings is 1. The van der Waals surface area contributed by atoms with Gasteiger partial charge in [-0.3, -0.25) is 4.79 Å². The number of hydrogen-bond donors (Lipinski definition) is 2. The van der Waals surface area contributed by atoms with Crippen LogP contribution >= 0.6 is 11.3 Å². The summed E-state index contributed by atoms with van der Waals surface area (Å²) in [6, 6.07) is 6.38. The number of carbonyl (C=O) groups excluding carboxylic acids is 1. The fourth-order valence-corrected chi connectivity index (χ4v) is 3.26. The Bertz CT molecular complexity index is 621. The first kappa shape index (κ1) is 15.9. The highest BCUT2D eigenvalue weighted by atomic mass is 32.1. The van der Waals surface area contributed by atoms with E-state index in [1.54, 1.807) is 11.3 Å². The highest BCUT2D eigenvalue weighted by molar-refractivity contribution is 7.18. The van der Waals surface area contributed by atoms with Crippen LogP contribution in [0.3, 0.4) is 0 Å². The van der Waals surface area contributed by atoms with Crippen LogP contribution in [0.15, 0.2) is 18.2 Å². The van der Waals surface area contributed by atoms with Gasteiger partial charge in [-0.1, -0.05) is 26.8 Å². The zero-order valence-corrected chi connectivity index (χ0v) is 13.7. The van der Waals surface area contributed by atoms with Crippen LogP contribution in [-0.2, 0) is 11.2 Å². The predicted octanol–water partition coefficient (Wildman–Crippen LogP) is 2.82. The molecule has 0 aliphatic carbocycles. The van der Waals surface area contributed by atoms with E-state index in [9.17, 15) is 4.79 Å². The highest BCUT2D eigenvalue weighted by Crippen LogP contribution is 2.26. The van der Waals surface area contributed by atoms with E-state index in [4.69, 9.17) is 5.73 Å². The standard InChI is InChI=1S/C16H23N3OS/c1-4-15(20)18-12(9-17)8-16-19-13-6-5-11(10(2)3)7-14(13)21-16/h5-7,10,12H,4,8-9,17H2,1-3H3,(H,18,20)/t12-/m0/s1. The number of carbonyl (C=O) groups is 1. The van der Waals surface area contributed by atoms with Crippen LogP contribution in [0.25, 0.3) is 10.2 Å². The van der Waals surface area contributed by atoms with Gasteiger partial charge in [-0.05, 0) is 23.6 Å². The molecule has 0 aliphatic heterocycles. The summed E-state index contributed by atoms with van der Waals surface area (Å²) in [6.07, 6.45) is 1.17. The third kappa shape index (κ3) is 4.02. The van der Waals surface area contributed by atoms with Crippen LogP contribution in [0.5, 0.6) is 0 Å². The molecule has 1 amide bonds. The maximum Gasteiger partial charge on any atom is 0.219 e. The second-order valence-corrected chi connectivity index (χ2v) is 6.66. The molecule has 2 rings (SSSR count). The van der Waals surface area contributed by atoms with Crippen LogP contribution < -0.4 is 11.1 Å². The first-order valence-corrected chi connectivity index (χ1v) is 8.24. The number of amides is 1. The van der Waals surface area contributed by atoms with Crippen molar-refractivity contribution in [3.8, 4) is 0 Å². The van der Waals surface area contributed by atoms with Gasteiger partial charge in [0, 0.05) is 25.4 Å². The second kappa shape index (κ2) is 7.00. The molecule has 0 fully saturated rings. The number of hydrogen-bond acceptors (Lipinski definition) is 4. The summed E-state index contributed by atoms with van der Waals surface area (Å²) in [5.74, 6) is 0.550. The van der Waals surface area contributed by atoms with E-state index in [1.165, 1.54) is 10.3 Å². The normalized spacial score (nSPS) is 12.8. The van der Waals surface area contributed by atoms with Crippen molar-refractivity contribution in [3.05, 3.63) is 28.8 Å². The second-order valence-electron chi connectivity index (χ2n) is 5.55. The van der Waals surface area contributed by atoms with Gasteiger partial charge < -0.3 is 11.1 Å². The van der Waals surface area contributed by atoms with Crippen LogP contribution in [0.1, 0.15) is 43.7 Å². The number of aromatic nitrogens is 1. The Balaban J connectivity index is 2.16. The quantitative estimate of drug-likeness (QED) is 0.862. The van der Waals surface area contributed by atoms with E-state index in [2.05, 4.69) is 42.3 Å². The van der Waals surface area contributed by atoms with Crippen LogP contribution in [0.4, 0.5) is 0 Å². The lowest BCUT2D eigenvalue weighted by molar-refractivity contribution is -0.121. The third-order valence-electron chi connectivity index (χ3n) is 3.52. The highest BCUT2D eigenvalue weighted by Gasteiger charge is 2.14. The van der Waals surface area contributed by atoms with Crippen LogP contribution in [0.2, 0.25) is 0 Å². The predicted molar refractivity (Wildman–Crippen MR) is 88.7 cm³/mol. The Hall–Kier alpha value is -1.46. The minimum Gasteiger partial charge on any atom is -0.352 e. The molecule has 0 saturated heterocycles. The van der Waals surface area contributed by atoms with E-state index in [0.717, 1.165) is 10.5 Å². The van der Waals surface area contributed by atoms with Gasteiger partial charge in [-0.2, -0.15) is 0 Å². The molecule has 1 atom stereocenters. The fraction of sp³-hybridized carbons (Fsp3) is 0.500. The van der Waals surface area contributed by atoms with Gasteiger partial charge in [0.2, 0.25) is 5.91 Å². The van der Waals surface area contributed by atoms with Crippen molar-refractivity contribution < 1.29 is 4.79 Å². The lowest BCUT2D eigenvalue weighted by atomic mass is 10.0. The Morgan fingerprint density at radius 1 is 1.43 bits per heavy atom. The zero-order chi connectivity index (χ0) is 15.4. The molecular formula is C16H23N3OS. The Kier molecular flexibility index (Phi) is 5.31. The summed E-state index contributed by atoms with van der Waals surface area (Å²) in [7, 11) is 0. The van der Waals surface area contributed by atoms with E-state index >= 15 is 0 Å². The molecule has 1 heterocycles. The summed E-state index contributed by atoms with van der Waals surface area (Å²) < 4.78 is 1.20. The molecule has 114 valence electrons. The monoisotopic (exact) mass is 305 g/mol. The SMILES string of the molecule is CCC(=O)N[C@H](CN)Cc1nc2ccc(C(C)C)cc2s1. The average molecular weight is 305 g/mol. The van der Waals surface area contributed by atoms with E-state index in [0.29, 0.717) is 25.3 Å². The van der Waals surface area contributed by atoms with Crippen molar-refractivity contribution >= 4 is 27.5 Å². The number of fused-ring (bicyclic) bond motifs is 1. The molecule has 0 aliphatic rings. The fourth-order valence-electron chi connectivity index (χ4n) is 2.17. The smallest absolute Gasteiger partial charge is 0.219 e. The maximum absolute atomic E-state index is 11.5. The van der Waals surface area contributed by atoms with Gasteiger partial charge in [0.05, 0.1) is 15.2 Å². The minimum absolute atomic E-state index is 0.0358. The Labute approximate surface area is 129 Å². The van der Waals surface area contributed by atoms with E-state index in [1.807, 2.05) is 6.92 Å². The van der Waals surface area contributed by atoms with E-state index < -0.39 is 0 Å². The van der Waals surface area contributed by atoms with Crippen LogP contribution in [-0.4, -0.2) is 23.5 Å². The summed E-state index contributed by atoms with van der Waals surface area (Å²) in [5, 5.41) is 3.97. The minimum atomic E-state index is -0.0393. The first-order chi connectivity index (χ1) is 10.0. The van der Waals surface area contributed by atoms with Gasteiger partial charge in [0.25, 0.3) is 0 Å². The molecule has 21 heavy (non-hydrogen) atoms. The maximum atomic E-state index is 11.5. The molecule has 0 spiro atoms. The van der Waals surface area contributed by atoms with Gasteiger partial charge >= 0.3 is 0 Å². The van der Waals surface area contributed by atoms with Crippen LogP contribution in [0, 0.1) is 0 Å². The van der Waals surface area contributed by atoms with Crippen molar-refractivity contribution in [1.82, 2.24) is 10.3 Å². The topological polar surface area (TPSA) is 68.0 Å². The molecule has 4 nitrogen and oxygen atoms in total. The first-order valence-electron chi connectivity index (χ1n) is 7.42. The zero-order valence-electron chi connectivity index (χ0n) is 12.8. The summed E-state index contributed by atoms with van der Waals surface area (Å²) in [6.45, 7) is 6.65. The largest absolute Gasteiger partial charge is 0.352 e. The molecule has 3 N–H and O–H groups in total. The number of nitrogens with two attached hydrogens (primary N) is 1. The van der Waals surface area contributed by atoms with Gasteiger partial charge in [0.1, 0.15) is 0 Å². The molecule has 0 saturated carbocycles. The molecule has 0 radical (unpaired) electrons. The molecular weight excluding hydrogens is 282 g/mol. The number of benzene rings is 1. The third-order valence-corrected chi connectivity index (χ3v) is 4.56. The molecule has 1 aromatic heterocycles. The summed E-state index contributed by atoms with van der Waals surface area (Å²) in [5.41, 5.74) is 8.10. The van der Waals surface area contributed by atoms with Crippen molar-refractivity contribution in [3.63, 3.8) is 0 Å². The lowest BCUT2D eigenvalue weighted by Gasteiger charge is -2.14. The Morgan fingerprint density at radius 3 is 2.81 bits per heavy atom. The molecule has 1 aromatic carbocycles.